The van der Waals surface area contributed by atoms with Gasteiger partial charge >= 0.3 is 25.9 Å². The molecule has 2 aromatic carbocycles. The minimum absolute atomic E-state index is 0. The van der Waals surface area contributed by atoms with Crippen LogP contribution < -0.4 is 42.4 Å². The summed E-state index contributed by atoms with van der Waals surface area (Å²) in [4.78, 5) is 154. The molecule has 12 aromatic rings. The van der Waals surface area contributed by atoms with Crippen LogP contribution >= 0.6 is 40.6 Å². The molecule has 734 valence electrons. The predicted molar refractivity (Wildman–Crippen MR) is 496 cm³/mol. The number of rotatable bonds is 32. The Bertz CT molecular complexity index is 6410. The van der Waals surface area contributed by atoms with Gasteiger partial charge < -0.3 is 61.7 Å². The number of aromatic amines is 4. The van der Waals surface area contributed by atoms with Crippen LogP contribution in [0.25, 0.3) is 44.7 Å². The highest BCUT2D eigenvalue weighted by Gasteiger charge is 2.55. The van der Waals surface area contributed by atoms with Crippen molar-refractivity contribution in [3.8, 4) is 18.2 Å². The molecule has 4 aliphatic heterocycles. The molecule has 14 heterocycles. The fourth-order valence-corrected chi connectivity index (χ4v) is 17.2. The van der Waals surface area contributed by atoms with E-state index in [1.165, 1.54) is 50.5 Å². The number of amides is 4. The van der Waals surface area contributed by atoms with Crippen LogP contribution in [0.5, 0.6) is 0 Å². The summed E-state index contributed by atoms with van der Waals surface area (Å²) in [5, 5.41) is 33.9. The summed E-state index contributed by atoms with van der Waals surface area (Å²) in [7, 11) is -2.59. The third-order valence-corrected chi connectivity index (χ3v) is 24.1. The first-order valence-electron chi connectivity index (χ1n) is 42.3. The zero-order chi connectivity index (χ0) is 98.9. The van der Waals surface area contributed by atoms with E-state index in [2.05, 4.69) is 116 Å². The summed E-state index contributed by atoms with van der Waals surface area (Å²) >= 11 is 13.1. The molecule has 16 rings (SSSR count). The highest BCUT2D eigenvalue weighted by Crippen LogP contribution is 2.56. The number of thiol groups is 2. The fraction of sp³-hybridized carbons (Fsp3) is 0.400. The van der Waals surface area contributed by atoms with Crippen molar-refractivity contribution in [2.45, 2.75) is 180 Å². The topological polar surface area (TPSA) is 575 Å². The number of benzene rings is 2. The van der Waals surface area contributed by atoms with Crippen molar-refractivity contribution in [1.29, 1.82) is 15.8 Å². The number of carbonyl (C=O) groups excluding carboxylic acids is 6. The summed E-state index contributed by atoms with van der Waals surface area (Å²) in [5.41, 5.74) is -0.814. The Balaban J connectivity index is 0.000000229. The maximum absolute atomic E-state index is 16.4. The monoisotopic (exact) mass is 2020 g/mol. The molecule has 10 aromatic heterocycles. The third-order valence-electron chi connectivity index (χ3n) is 20.4. The Morgan fingerprint density at radius 1 is 0.511 bits per heavy atom. The predicted octanol–water partition coefficient (Wildman–Crippen LogP) is 11.5. The van der Waals surface area contributed by atoms with Gasteiger partial charge in [0.15, 0.2) is 143 Å². The molecule has 139 heavy (non-hydrogen) atoms. The lowest BCUT2D eigenvalue weighted by Gasteiger charge is -2.29. The lowest BCUT2D eigenvalue weighted by atomic mass is 10.1. The molecular weight excluding hydrogens is 1930 g/mol. The largest absolute Gasteiger partial charge is 0.448 e. The fourth-order valence-electron chi connectivity index (χ4n) is 13.8. The van der Waals surface area contributed by atoms with Gasteiger partial charge in [0.1, 0.15) is 37.1 Å². The number of H-pyrrole nitrogens is 4. The number of alkyl halides is 4. The number of pyridine rings is 2. The lowest BCUT2D eigenvalue weighted by molar-refractivity contribution is -0.378. The first kappa shape index (κ1) is 106. The molecule has 0 aliphatic carbocycles. The summed E-state index contributed by atoms with van der Waals surface area (Å²) < 4.78 is 141. The maximum atomic E-state index is 16.4. The van der Waals surface area contributed by atoms with Crippen molar-refractivity contribution in [2.75, 3.05) is 47.7 Å². The highest BCUT2D eigenvalue weighted by molar-refractivity contribution is 8.07. The number of imidazole rings is 4. The number of halogens is 4. The highest BCUT2D eigenvalue weighted by atomic mass is 32.5. The molecule has 0 bridgehead atoms. The van der Waals surface area contributed by atoms with E-state index < -0.39 is 184 Å². The quantitative estimate of drug-likeness (QED) is 0.00638. The molecule has 8 N–H and O–H groups in total. The number of ether oxygens (including phenoxy) is 6. The second-order valence-electron chi connectivity index (χ2n) is 30.3. The second kappa shape index (κ2) is 50.5. The molecule has 54 heteroatoms. The summed E-state index contributed by atoms with van der Waals surface area (Å²) in [6.07, 6.45) is -10.2. The number of anilines is 4. The Morgan fingerprint density at radius 2 is 0.899 bits per heavy atom. The van der Waals surface area contributed by atoms with Crippen LogP contribution in [-0.4, -0.2) is 212 Å². The number of nitrogens with one attached hydrogen (secondary N) is 8. The lowest BCUT2D eigenvalue weighted by Crippen LogP contribution is -2.36. The van der Waals surface area contributed by atoms with Crippen LogP contribution in [-0.2, 0) is 77.0 Å². The summed E-state index contributed by atoms with van der Waals surface area (Å²) in [6, 6.07) is 34.0. The summed E-state index contributed by atoms with van der Waals surface area (Å²) in [5.74, 6) is -3.02. The molecule has 4 fully saturated rings. The van der Waals surface area contributed by atoms with Gasteiger partial charge in [-0.05, 0) is 48.9 Å². The van der Waals surface area contributed by atoms with Crippen molar-refractivity contribution in [3.63, 3.8) is 0 Å². The third kappa shape index (κ3) is 26.7. The molecule has 4 saturated heterocycles. The van der Waals surface area contributed by atoms with Gasteiger partial charge in [-0.1, -0.05) is 123 Å². The zero-order valence-corrected chi connectivity index (χ0v) is 78.4. The number of hydrogen-bond donors (Lipinski definition) is 8. The van der Waals surface area contributed by atoms with Crippen molar-refractivity contribution < 1.29 is 112 Å². The Morgan fingerprint density at radius 3 is 1.29 bits per heavy atom. The molecule has 18 atom stereocenters. The normalized spacial score (nSPS) is 22.3. The van der Waals surface area contributed by atoms with Crippen LogP contribution in [0.2, 0.25) is 0 Å². The average molecular weight is 2020 g/mol. The zero-order valence-electron chi connectivity index (χ0n) is 74.0. The van der Waals surface area contributed by atoms with Crippen LogP contribution in [0.15, 0.2) is 169 Å². The first-order chi connectivity index (χ1) is 66.5. The number of nitrogens with zero attached hydrogens (tertiary/aromatic N) is 17. The minimum Gasteiger partial charge on any atom is -0.448 e. The SMILES string of the molecule is C.CC#N.CC[C@H]1O[C@@H](n2cnc3c(=O)[nH]c(NC(=O)C(C)C)nc32)[C@H](OP(=S)(OCCC#N)OC[C@H]2O[C@@H](n3cnc4c(NC(=O)c5ccccc5)ncnc43)[C@@H](F)[C@@H]2OC(=O)S)[C@@H]1F.CC[C@H]1O[C@@H](n2cnc3c(=O)[nH]c(NC(=O)C(C)C)nc32)[C@H](OP(OCCC#N)OC[C@H]2O[C@@H](n3cnc4c(NC(=O)c5ccccc5)ncnc43)[C@@H](F)[C@@H]2OC(=O)S)[C@@H]1F.c1cc[nH+]cc1.c1cc[nH+]cc1. The van der Waals surface area contributed by atoms with Gasteiger partial charge in [0.25, 0.3) is 22.9 Å². The van der Waals surface area contributed by atoms with E-state index in [0.717, 1.165) is 12.7 Å². The molecule has 0 saturated carbocycles. The van der Waals surface area contributed by atoms with Crippen LogP contribution in [0.4, 0.5) is 50.7 Å². The van der Waals surface area contributed by atoms with E-state index in [1.54, 1.807) is 108 Å². The number of aromatic nitrogens is 18. The van der Waals surface area contributed by atoms with E-state index in [4.69, 9.17) is 72.6 Å². The number of nitriles is 3. The van der Waals surface area contributed by atoms with Crippen LogP contribution in [0.3, 0.4) is 0 Å². The Labute approximate surface area is 805 Å². The summed E-state index contributed by atoms with van der Waals surface area (Å²) in [6.45, 7) is 5.43. The molecular formula is C85H95F4N25O20P2S3+2. The Hall–Kier alpha value is -13.1. The van der Waals surface area contributed by atoms with E-state index in [0.29, 0.717) is 11.1 Å². The van der Waals surface area contributed by atoms with Gasteiger partial charge in [-0.25, -0.2) is 77.0 Å². The van der Waals surface area contributed by atoms with Gasteiger partial charge in [0.2, 0.25) is 23.7 Å². The molecule has 4 aliphatic rings. The van der Waals surface area contributed by atoms with Crippen molar-refractivity contribution in [1.82, 2.24) is 78.1 Å². The molecule has 0 spiro atoms. The van der Waals surface area contributed by atoms with E-state index >= 15 is 17.6 Å². The smallest absolute Gasteiger partial charge is 0.364 e. The standard InChI is InChI=1S/C36H38F2N11O10PS2.C36H38F2N11O10PS.2C5H5N.C2H3N.CH4/c1-4-19-21(37)26(34(56-19)49-16-43-24-29(49)45-35(47-32(24)52)46-30(50)17(2)3)59-60(62,54-12-8-11-39)55-13-20-25(58-36(53)61)22(38)33(57-20)48-15-42-23-27(40-14-41-28(23)48)44-31(51)18-9-6-5-7-10-18;1-4-19-21(37)26(34(56-19)49-16-43-24-29(49)45-35(47-32(24)52)46-30(50)17(2)3)59-60(54-12-8-11-39)55-13-20-25(58-36(53)61)22(38)33(57-20)48-15-42-23-27(40-14-41-28(23)48)44-31(51)18-9-6-5-7-10-18;2*1-2-4-6-5-3-1;1-2-3;/h5-7,9-10,14-17,19-22,25-26,33-34H,4,8,12-13H2,1-3H3,(H,53,61)(H,40,41,44,51)(H2,45,46,47,50,52);5-7,9-10,14-17,19-22,25-26,33-34H,4,8,12-13H2,1-3H3,(H,53,61)(H,40,41,44,51)(H2,45,46,47,50,52);2*1-5H;1H3;1H4/p+2/t2*19-,20-,21-,22+,25-,26-,33-,34-,60?;;;;/m11..../s1. The second-order valence-corrected chi connectivity index (χ2v) is 35.2. The van der Waals surface area contributed by atoms with Crippen LogP contribution in [0.1, 0.15) is 127 Å². The minimum atomic E-state index is -4.18. The average Bonchev–Trinajstić information content (AvgIpc) is 1.62. The Kier molecular flexibility index (Phi) is 38.6. The maximum Gasteiger partial charge on any atom is 0.364 e. The van der Waals surface area contributed by atoms with Crippen molar-refractivity contribution in [3.05, 3.63) is 192 Å². The first-order valence-corrected chi connectivity index (χ1v) is 46.8. The number of carbonyl (C=O) groups is 6. The number of hydrogen-bond acceptors (Lipinski definition) is 34. The molecule has 2 unspecified atom stereocenters. The van der Waals surface area contributed by atoms with E-state index in [1.807, 2.05) is 73.3 Å². The van der Waals surface area contributed by atoms with Crippen molar-refractivity contribution >= 4 is 155 Å². The molecule has 45 nitrogen and oxygen atoms in total. The van der Waals surface area contributed by atoms with E-state index in [9.17, 15) is 48.9 Å². The number of fused-ring (bicyclic) bond motifs is 4. The van der Waals surface area contributed by atoms with Gasteiger partial charge in [0.05, 0.1) is 95.0 Å². The van der Waals surface area contributed by atoms with Crippen LogP contribution in [0, 0.1) is 45.8 Å². The van der Waals surface area contributed by atoms with E-state index in [-0.39, 0.29) is 115 Å². The van der Waals surface area contributed by atoms with Gasteiger partial charge in [-0.15, -0.1) is 0 Å². The van der Waals surface area contributed by atoms with Crippen molar-refractivity contribution in [2.24, 2.45) is 11.8 Å². The molecule has 4 amide bonds. The van der Waals surface area contributed by atoms with Gasteiger partial charge in [-0.2, -0.15) is 25.8 Å². The molecule has 0 radical (unpaired) electrons. The van der Waals surface area contributed by atoms with Gasteiger partial charge in [0, 0.05) is 54.2 Å². The van der Waals surface area contributed by atoms with Gasteiger partial charge in [-0.3, -0.25) is 72.2 Å².